The van der Waals surface area contributed by atoms with Crippen LogP contribution >= 0.6 is 11.3 Å². The van der Waals surface area contributed by atoms with Crippen LogP contribution in [0, 0.1) is 0 Å². The highest BCUT2D eigenvalue weighted by Crippen LogP contribution is 2.30. The molecule has 10 nitrogen and oxygen atoms in total. The third kappa shape index (κ3) is 7.96. The number of aliphatic hydroxyl groups is 1. The highest BCUT2D eigenvalue weighted by molar-refractivity contribution is 7.89. The Balaban J connectivity index is 1.35. The van der Waals surface area contributed by atoms with Crippen LogP contribution in [-0.2, 0) is 26.0 Å². The molecule has 0 saturated heterocycles. The van der Waals surface area contributed by atoms with Crippen LogP contribution < -0.4 is 15.4 Å². The number of thiazole rings is 1. The summed E-state index contributed by atoms with van der Waals surface area (Å²) >= 11 is 1.34. The summed E-state index contributed by atoms with van der Waals surface area (Å²) in [6.45, 7) is -0.419. The molecule has 0 spiro atoms. The number of anilines is 1. The van der Waals surface area contributed by atoms with Gasteiger partial charge in [0.05, 0.1) is 34.3 Å². The molecule has 0 fully saturated rings. The van der Waals surface area contributed by atoms with Crippen LogP contribution in [-0.4, -0.2) is 56.3 Å². The first kappa shape index (κ1) is 32.8. The Kier molecular flexibility index (Phi) is 10.8. The Morgan fingerprint density at radius 2 is 1.57 bits per heavy atom. The number of rotatable bonds is 13. The zero-order valence-corrected chi connectivity index (χ0v) is 26.6. The molecule has 2 amide bonds. The average molecular weight is 659 g/mol. The molecule has 0 bridgehead atoms. The Hall–Kier alpha value is -4.62. The lowest BCUT2D eigenvalue weighted by Crippen LogP contribution is -2.48. The fourth-order valence-corrected chi connectivity index (χ4v) is 7.34. The summed E-state index contributed by atoms with van der Waals surface area (Å²) in [5.41, 5.74) is 5.24. The molecule has 12 heteroatoms. The summed E-state index contributed by atoms with van der Waals surface area (Å²) in [5, 5.41) is 15.8. The molecular formula is C34H34N4O6S2. The lowest BCUT2D eigenvalue weighted by molar-refractivity contribution is -0.118. The van der Waals surface area contributed by atoms with E-state index in [0.717, 1.165) is 21.4 Å². The number of aliphatic hydroxyl groups excluding tert-OH is 1. The fraction of sp³-hybridized carbons (Fsp3) is 0.206. The topological polar surface area (TPSA) is 147 Å². The standard InChI is InChI=1S/C34H34N4O6S2/c1-44-34(41)37-32(31(24-11-4-2-5-12-24)25-13-6-3-7-14-25)33(40)36-28-15-9-8-10-23(28)16-17-26(21-39)38-46(42,43)27-18-19-29-30(20-27)45-22-35-29/h2-15,18-20,22,26,31-32,38-39H,16-17,21H2,1H3,(H,36,40)(H,37,41)/t26-,32-/m0/s1. The molecule has 1 aromatic heterocycles. The number of aryl methyl sites for hydroxylation is 1. The molecule has 1 heterocycles. The summed E-state index contributed by atoms with van der Waals surface area (Å²) < 4.78 is 34.5. The van der Waals surface area contributed by atoms with Gasteiger partial charge in [0.15, 0.2) is 0 Å². The summed E-state index contributed by atoms with van der Waals surface area (Å²) in [6, 6.07) is 28.9. The zero-order chi connectivity index (χ0) is 32.5. The van der Waals surface area contributed by atoms with E-state index in [2.05, 4.69) is 20.3 Å². The summed E-state index contributed by atoms with van der Waals surface area (Å²) in [5.74, 6) is -1.00. The monoisotopic (exact) mass is 658 g/mol. The molecule has 4 aromatic carbocycles. The van der Waals surface area contributed by atoms with Crippen molar-refractivity contribution in [2.24, 2.45) is 0 Å². The van der Waals surface area contributed by atoms with E-state index in [1.165, 1.54) is 24.5 Å². The van der Waals surface area contributed by atoms with Crippen molar-refractivity contribution in [3.05, 3.63) is 125 Å². The Labute approximate surface area is 271 Å². The van der Waals surface area contributed by atoms with Gasteiger partial charge in [0.1, 0.15) is 6.04 Å². The summed E-state index contributed by atoms with van der Waals surface area (Å²) in [6.07, 6.45) is -0.155. The van der Waals surface area contributed by atoms with Gasteiger partial charge in [0, 0.05) is 17.6 Å². The number of benzene rings is 4. The van der Waals surface area contributed by atoms with Gasteiger partial charge in [-0.1, -0.05) is 78.9 Å². The third-order valence-electron chi connectivity index (χ3n) is 7.58. The molecule has 46 heavy (non-hydrogen) atoms. The normalized spacial score (nSPS) is 12.8. The van der Waals surface area contributed by atoms with Crippen LogP contribution in [0.3, 0.4) is 0 Å². The van der Waals surface area contributed by atoms with Gasteiger partial charge in [-0.3, -0.25) is 4.79 Å². The molecule has 0 aliphatic heterocycles. The van der Waals surface area contributed by atoms with Crippen molar-refractivity contribution < 1.29 is 27.9 Å². The number of amides is 2. The van der Waals surface area contributed by atoms with Gasteiger partial charge in [-0.2, -0.15) is 0 Å². The maximum Gasteiger partial charge on any atom is 0.407 e. The lowest BCUT2D eigenvalue weighted by atomic mass is 9.84. The summed E-state index contributed by atoms with van der Waals surface area (Å²) in [7, 11) is -2.68. The van der Waals surface area contributed by atoms with Crippen molar-refractivity contribution in [3.8, 4) is 0 Å². The van der Waals surface area contributed by atoms with E-state index in [0.29, 0.717) is 17.6 Å². The van der Waals surface area contributed by atoms with E-state index in [4.69, 9.17) is 4.74 Å². The Bertz CT molecular complexity index is 1840. The number of hydrogen-bond acceptors (Lipinski definition) is 8. The molecule has 4 N–H and O–H groups in total. The Morgan fingerprint density at radius 3 is 2.22 bits per heavy atom. The number of ether oxygens (including phenoxy) is 1. The second kappa shape index (κ2) is 15.1. The number of para-hydroxylation sites is 1. The number of alkyl carbamates (subject to hydrolysis) is 1. The van der Waals surface area contributed by atoms with Gasteiger partial charge >= 0.3 is 6.09 Å². The van der Waals surface area contributed by atoms with Crippen LogP contribution in [0.15, 0.2) is 114 Å². The number of nitrogens with zero attached hydrogens (tertiary/aromatic N) is 1. The van der Waals surface area contributed by atoms with Crippen molar-refractivity contribution in [2.75, 3.05) is 19.0 Å². The minimum atomic E-state index is -3.91. The third-order valence-corrected chi connectivity index (χ3v) is 9.89. The van der Waals surface area contributed by atoms with Crippen LogP contribution in [0.5, 0.6) is 0 Å². The van der Waals surface area contributed by atoms with Crippen molar-refractivity contribution in [1.82, 2.24) is 15.0 Å². The first-order valence-electron chi connectivity index (χ1n) is 14.6. The maximum atomic E-state index is 14.0. The molecule has 0 radical (unpaired) electrons. The SMILES string of the molecule is COC(=O)N[C@H](C(=O)Nc1ccccc1CC[C@@H](CO)NS(=O)(=O)c1ccc2ncsc2c1)C(c1ccccc1)c1ccccc1. The van der Waals surface area contributed by atoms with Crippen LogP contribution in [0.2, 0.25) is 0 Å². The maximum absolute atomic E-state index is 14.0. The molecule has 5 rings (SSSR count). The van der Waals surface area contributed by atoms with E-state index in [-0.39, 0.29) is 11.3 Å². The second-order valence-corrected chi connectivity index (χ2v) is 13.2. The van der Waals surface area contributed by atoms with Gasteiger partial charge in [-0.05, 0) is 53.8 Å². The number of aromatic nitrogens is 1. The molecular weight excluding hydrogens is 625 g/mol. The highest BCUT2D eigenvalue weighted by Gasteiger charge is 2.33. The average Bonchev–Trinajstić information content (AvgIpc) is 3.56. The van der Waals surface area contributed by atoms with Gasteiger partial charge in [0.2, 0.25) is 15.9 Å². The first-order chi connectivity index (χ1) is 22.3. The first-order valence-corrected chi connectivity index (χ1v) is 16.9. The minimum absolute atomic E-state index is 0.0888. The van der Waals surface area contributed by atoms with Crippen molar-refractivity contribution in [2.45, 2.75) is 35.7 Å². The number of hydrogen-bond donors (Lipinski definition) is 4. The van der Waals surface area contributed by atoms with Crippen molar-refractivity contribution >= 4 is 49.3 Å². The van der Waals surface area contributed by atoms with E-state index in [1.807, 2.05) is 72.8 Å². The van der Waals surface area contributed by atoms with Crippen LogP contribution in [0.1, 0.15) is 29.0 Å². The zero-order valence-electron chi connectivity index (χ0n) is 25.0. The molecule has 0 unspecified atom stereocenters. The number of carbonyl (C=O) groups is 2. The number of carbonyl (C=O) groups excluding carboxylic acids is 2. The minimum Gasteiger partial charge on any atom is -0.453 e. The second-order valence-electron chi connectivity index (χ2n) is 10.6. The lowest BCUT2D eigenvalue weighted by Gasteiger charge is -2.28. The number of fused-ring (bicyclic) bond motifs is 1. The van der Waals surface area contributed by atoms with Crippen molar-refractivity contribution in [1.29, 1.82) is 0 Å². The molecule has 2 atom stereocenters. The predicted octanol–water partition coefficient (Wildman–Crippen LogP) is 5.06. The van der Waals surface area contributed by atoms with Gasteiger partial charge in [0.25, 0.3) is 0 Å². The number of sulfonamides is 1. The molecule has 0 aliphatic carbocycles. The van der Waals surface area contributed by atoms with Crippen LogP contribution in [0.4, 0.5) is 10.5 Å². The van der Waals surface area contributed by atoms with E-state index >= 15 is 0 Å². The van der Waals surface area contributed by atoms with Gasteiger partial charge in [-0.15, -0.1) is 11.3 Å². The highest BCUT2D eigenvalue weighted by atomic mass is 32.2. The molecule has 0 saturated carbocycles. The van der Waals surface area contributed by atoms with E-state index in [9.17, 15) is 23.1 Å². The number of nitrogens with one attached hydrogen (secondary N) is 3. The van der Waals surface area contributed by atoms with Crippen LogP contribution in [0.25, 0.3) is 10.2 Å². The molecule has 238 valence electrons. The number of methoxy groups -OCH3 is 1. The largest absolute Gasteiger partial charge is 0.453 e. The Morgan fingerprint density at radius 1 is 0.913 bits per heavy atom. The van der Waals surface area contributed by atoms with E-state index in [1.54, 1.807) is 29.8 Å². The van der Waals surface area contributed by atoms with Gasteiger partial charge < -0.3 is 20.5 Å². The smallest absolute Gasteiger partial charge is 0.407 e. The summed E-state index contributed by atoms with van der Waals surface area (Å²) in [4.78, 5) is 30.8. The quantitative estimate of drug-likeness (QED) is 0.138. The molecule has 0 aliphatic rings. The fourth-order valence-electron chi connectivity index (χ4n) is 5.26. The van der Waals surface area contributed by atoms with E-state index < -0.39 is 46.6 Å². The van der Waals surface area contributed by atoms with Gasteiger partial charge in [-0.25, -0.2) is 22.9 Å². The van der Waals surface area contributed by atoms with Crippen molar-refractivity contribution in [3.63, 3.8) is 0 Å². The predicted molar refractivity (Wildman–Crippen MR) is 178 cm³/mol. The molecule has 5 aromatic rings.